The van der Waals surface area contributed by atoms with E-state index in [2.05, 4.69) is 0 Å². The number of ether oxygens (including phenoxy) is 1. The number of aryl methyl sites for hydroxylation is 1. The van der Waals surface area contributed by atoms with Crippen molar-refractivity contribution in [3.63, 3.8) is 0 Å². The van der Waals surface area contributed by atoms with Crippen LogP contribution in [0.4, 0.5) is 0 Å². The standard InChI is InChI=1S/C20H18O4/c1-3-18(21)14-5-7-16(8-6-14)24-20(22)11-15-12-23-19-10-13(2)4-9-17(15)19/h4-10,12H,3,11H2,1-2H3. The molecule has 2 aromatic carbocycles. The number of furan rings is 1. The molecule has 0 spiro atoms. The molecule has 0 saturated heterocycles. The van der Waals surface area contributed by atoms with Gasteiger partial charge in [0.1, 0.15) is 11.3 Å². The van der Waals surface area contributed by atoms with Gasteiger partial charge in [0.2, 0.25) is 0 Å². The molecule has 4 nitrogen and oxygen atoms in total. The maximum Gasteiger partial charge on any atom is 0.315 e. The Morgan fingerprint density at radius 2 is 1.83 bits per heavy atom. The van der Waals surface area contributed by atoms with E-state index in [-0.39, 0.29) is 18.2 Å². The summed E-state index contributed by atoms with van der Waals surface area (Å²) in [4.78, 5) is 23.7. The van der Waals surface area contributed by atoms with Crippen LogP contribution in [-0.2, 0) is 11.2 Å². The molecule has 0 radical (unpaired) electrons. The first kappa shape index (κ1) is 16.0. The van der Waals surface area contributed by atoms with Crippen LogP contribution in [0.2, 0.25) is 0 Å². The second-order valence-corrected chi connectivity index (χ2v) is 5.71. The molecule has 0 amide bonds. The number of ketones is 1. The van der Waals surface area contributed by atoms with Gasteiger partial charge in [0.05, 0.1) is 12.7 Å². The van der Waals surface area contributed by atoms with Crippen molar-refractivity contribution < 1.29 is 18.7 Å². The number of Topliss-reactive ketones (excluding diaryl/α,β-unsaturated/α-hetero) is 1. The van der Waals surface area contributed by atoms with Crippen molar-refractivity contribution in [2.45, 2.75) is 26.7 Å². The number of benzene rings is 2. The molecule has 4 heteroatoms. The summed E-state index contributed by atoms with van der Waals surface area (Å²) in [7, 11) is 0. The molecule has 24 heavy (non-hydrogen) atoms. The molecule has 3 aromatic rings. The molecular weight excluding hydrogens is 304 g/mol. The average Bonchev–Trinajstić information content (AvgIpc) is 2.96. The summed E-state index contributed by atoms with van der Waals surface area (Å²) >= 11 is 0. The molecule has 0 N–H and O–H groups in total. The summed E-state index contributed by atoms with van der Waals surface area (Å²) in [5.41, 5.74) is 3.29. The molecule has 0 fully saturated rings. The van der Waals surface area contributed by atoms with Gasteiger partial charge in [0.25, 0.3) is 0 Å². The van der Waals surface area contributed by atoms with E-state index in [9.17, 15) is 9.59 Å². The first-order valence-corrected chi connectivity index (χ1v) is 7.87. The van der Waals surface area contributed by atoms with Crippen molar-refractivity contribution in [1.29, 1.82) is 0 Å². The molecule has 0 aliphatic carbocycles. The van der Waals surface area contributed by atoms with Crippen LogP contribution in [0.5, 0.6) is 5.75 Å². The fourth-order valence-electron chi connectivity index (χ4n) is 2.56. The molecular formula is C20H18O4. The van der Waals surface area contributed by atoms with Crippen LogP contribution in [0.3, 0.4) is 0 Å². The van der Waals surface area contributed by atoms with Gasteiger partial charge < -0.3 is 9.15 Å². The van der Waals surface area contributed by atoms with Crippen LogP contribution in [-0.4, -0.2) is 11.8 Å². The Kier molecular flexibility index (Phi) is 4.47. The lowest BCUT2D eigenvalue weighted by Gasteiger charge is -2.05. The van der Waals surface area contributed by atoms with Crippen LogP contribution >= 0.6 is 0 Å². The van der Waals surface area contributed by atoms with E-state index in [1.807, 2.05) is 32.0 Å². The maximum absolute atomic E-state index is 12.1. The van der Waals surface area contributed by atoms with Crippen LogP contribution in [0.1, 0.15) is 34.8 Å². The van der Waals surface area contributed by atoms with E-state index in [0.29, 0.717) is 17.7 Å². The summed E-state index contributed by atoms with van der Waals surface area (Å²) in [6, 6.07) is 12.5. The number of fused-ring (bicyclic) bond motifs is 1. The van der Waals surface area contributed by atoms with Gasteiger partial charge in [-0.25, -0.2) is 0 Å². The van der Waals surface area contributed by atoms with Crippen LogP contribution in [0, 0.1) is 6.92 Å². The normalized spacial score (nSPS) is 10.8. The van der Waals surface area contributed by atoms with E-state index in [1.165, 1.54) is 0 Å². The highest BCUT2D eigenvalue weighted by Crippen LogP contribution is 2.23. The minimum atomic E-state index is -0.368. The first-order chi connectivity index (χ1) is 11.6. The predicted molar refractivity (Wildman–Crippen MR) is 91.4 cm³/mol. The lowest BCUT2D eigenvalue weighted by molar-refractivity contribution is -0.133. The molecule has 0 aliphatic rings. The minimum Gasteiger partial charge on any atom is -0.464 e. The summed E-state index contributed by atoms with van der Waals surface area (Å²) in [6.07, 6.45) is 2.17. The fourth-order valence-corrected chi connectivity index (χ4v) is 2.56. The van der Waals surface area contributed by atoms with Crippen molar-refractivity contribution in [3.05, 3.63) is 65.4 Å². The number of hydrogen-bond donors (Lipinski definition) is 0. The molecule has 1 heterocycles. The summed E-state index contributed by atoms with van der Waals surface area (Å²) in [6.45, 7) is 3.80. The van der Waals surface area contributed by atoms with Gasteiger partial charge in [-0.05, 0) is 42.8 Å². The Balaban J connectivity index is 1.69. The van der Waals surface area contributed by atoms with Gasteiger partial charge >= 0.3 is 5.97 Å². The van der Waals surface area contributed by atoms with Crippen molar-refractivity contribution in [3.8, 4) is 5.75 Å². The Morgan fingerprint density at radius 1 is 1.08 bits per heavy atom. The third kappa shape index (κ3) is 3.38. The highest BCUT2D eigenvalue weighted by atomic mass is 16.5. The summed E-state index contributed by atoms with van der Waals surface area (Å²) in [5, 5.41) is 0.918. The van der Waals surface area contributed by atoms with Gasteiger partial charge in [-0.1, -0.05) is 19.1 Å². The van der Waals surface area contributed by atoms with Gasteiger partial charge in [-0.2, -0.15) is 0 Å². The zero-order valence-corrected chi connectivity index (χ0v) is 13.7. The Morgan fingerprint density at radius 3 is 2.54 bits per heavy atom. The first-order valence-electron chi connectivity index (χ1n) is 7.87. The SMILES string of the molecule is CCC(=O)c1ccc(OC(=O)Cc2coc3cc(C)ccc23)cc1. The lowest BCUT2D eigenvalue weighted by atomic mass is 10.1. The molecule has 122 valence electrons. The van der Waals surface area contributed by atoms with Crippen molar-refractivity contribution in [1.82, 2.24) is 0 Å². The highest BCUT2D eigenvalue weighted by molar-refractivity contribution is 5.96. The third-order valence-electron chi connectivity index (χ3n) is 3.88. The lowest BCUT2D eigenvalue weighted by Crippen LogP contribution is -2.11. The predicted octanol–water partition coefficient (Wildman–Crippen LogP) is 4.48. The quantitative estimate of drug-likeness (QED) is 0.395. The van der Waals surface area contributed by atoms with E-state index < -0.39 is 0 Å². The largest absolute Gasteiger partial charge is 0.464 e. The third-order valence-corrected chi connectivity index (χ3v) is 3.88. The number of esters is 1. The number of carbonyl (C=O) groups is 2. The Bertz CT molecular complexity index is 888. The maximum atomic E-state index is 12.1. The molecule has 0 saturated carbocycles. The van der Waals surface area contributed by atoms with E-state index in [0.717, 1.165) is 22.1 Å². The average molecular weight is 322 g/mol. The Hall–Kier alpha value is -2.88. The molecule has 3 rings (SSSR count). The topological polar surface area (TPSA) is 56.5 Å². The van der Waals surface area contributed by atoms with Gasteiger partial charge in [0.15, 0.2) is 5.78 Å². The van der Waals surface area contributed by atoms with Crippen molar-refractivity contribution in [2.75, 3.05) is 0 Å². The Labute approximate surface area is 140 Å². The van der Waals surface area contributed by atoms with E-state index in [1.54, 1.807) is 30.5 Å². The molecule has 0 aliphatic heterocycles. The zero-order chi connectivity index (χ0) is 17.1. The molecule has 0 bridgehead atoms. The van der Waals surface area contributed by atoms with E-state index in [4.69, 9.17) is 9.15 Å². The second kappa shape index (κ2) is 6.71. The summed E-state index contributed by atoms with van der Waals surface area (Å²) in [5.74, 6) is 0.122. The highest BCUT2D eigenvalue weighted by Gasteiger charge is 2.13. The molecule has 1 aromatic heterocycles. The summed E-state index contributed by atoms with van der Waals surface area (Å²) < 4.78 is 10.8. The van der Waals surface area contributed by atoms with Crippen molar-refractivity contribution >= 4 is 22.7 Å². The van der Waals surface area contributed by atoms with Gasteiger partial charge in [-0.15, -0.1) is 0 Å². The van der Waals surface area contributed by atoms with Crippen LogP contribution in [0.15, 0.2) is 53.1 Å². The minimum absolute atomic E-state index is 0.0630. The second-order valence-electron chi connectivity index (χ2n) is 5.71. The smallest absolute Gasteiger partial charge is 0.315 e. The monoisotopic (exact) mass is 322 g/mol. The van der Waals surface area contributed by atoms with Crippen LogP contribution < -0.4 is 4.74 Å². The van der Waals surface area contributed by atoms with Crippen LogP contribution in [0.25, 0.3) is 11.0 Å². The number of carbonyl (C=O) groups excluding carboxylic acids is 2. The number of hydrogen-bond acceptors (Lipinski definition) is 4. The fraction of sp³-hybridized carbons (Fsp3) is 0.200. The number of rotatable bonds is 5. The van der Waals surface area contributed by atoms with E-state index >= 15 is 0 Å². The molecule has 0 atom stereocenters. The van der Waals surface area contributed by atoms with Gasteiger partial charge in [0, 0.05) is 22.9 Å². The zero-order valence-electron chi connectivity index (χ0n) is 13.7. The molecule has 0 unspecified atom stereocenters. The van der Waals surface area contributed by atoms with Gasteiger partial charge in [-0.3, -0.25) is 9.59 Å². The van der Waals surface area contributed by atoms with Crippen molar-refractivity contribution in [2.24, 2.45) is 0 Å².